The van der Waals surface area contributed by atoms with Gasteiger partial charge in [-0.3, -0.25) is 19.8 Å². The van der Waals surface area contributed by atoms with Crippen molar-refractivity contribution in [2.45, 2.75) is 50.0 Å². The second kappa shape index (κ2) is 11.8. The molecule has 0 radical (unpaired) electrons. The lowest BCUT2D eigenvalue weighted by molar-refractivity contribution is -0.378. The van der Waals surface area contributed by atoms with Gasteiger partial charge in [0.05, 0.1) is 11.0 Å². The molecule has 6 fully saturated rings. The molecule has 0 saturated carbocycles. The number of benzene rings is 2. The van der Waals surface area contributed by atoms with Gasteiger partial charge in [0.15, 0.2) is 0 Å². The average molecular weight is 587 g/mol. The van der Waals surface area contributed by atoms with E-state index in [1.54, 1.807) is 0 Å². The Hall–Kier alpha value is -3.42. The molecule has 0 aliphatic carbocycles. The highest BCUT2D eigenvalue weighted by molar-refractivity contribution is 5.83. The maximum atomic E-state index is 6.91. The Morgan fingerprint density at radius 2 is 1.11 bits per heavy atom. The second-order valence-electron chi connectivity index (χ2n) is 13.4. The molecule has 6 aliphatic rings. The number of nitrogens with zero attached hydrogens (tertiary/aromatic N) is 4. The minimum Gasteiger partial charge on any atom is -0.297 e. The Labute approximate surface area is 260 Å². The van der Waals surface area contributed by atoms with Crippen molar-refractivity contribution in [2.75, 3.05) is 26.2 Å². The summed E-state index contributed by atoms with van der Waals surface area (Å²) in [6.07, 6.45) is 12.2. The average Bonchev–Trinajstić information content (AvgIpc) is 3.10. The molecule has 0 N–H and O–H groups in total. The lowest BCUT2D eigenvalue weighted by atomic mass is 9.73. The van der Waals surface area contributed by atoms with Crippen LogP contribution in [0.5, 0.6) is 0 Å². The molecule has 4 aromatic rings. The fourth-order valence-electron chi connectivity index (χ4n) is 8.88. The Bertz CT molecular complexity index is 1540. The molecule has 6 saturated heterocycles. The van der Waals surface area contributed by atoms with Crippen LogP contribution in [-0.4, -0.2) is 58.0 Å². The maximum Gasteiger partial charge on any atom is 0.134 e. The van der Waals surface area contributed by atoms with Crippen LogP contribution in [0.3, 0.4) is 0 Å². The van der Waals surface area contributed by atoms with E-state index in [1.165, 1.54) is 12.8 Å². The van der Waals surface area contributed by atoms with Crippen LogP contribution in [0.1, 0.15) is 49.0 Å². The number of piperidine rings is 6. The number of rotatable bonds is 9. The van der Waals surface area contributed by atoms with Crippen molar-refractivity contribution >= 4 is 21.8 Å². The summed E-state index contributed by atoms with van der Waals surface area (Å²) in [5.74, 6) is 2.32. The van der Waals surface area contributed by atoms with Gasteiger partial charge in [0, 0.05) is 48.3 Å². The first-order valence-electron chi connectivity index (χ1n) is 16.4. The summed E-state index contributed by atoms with van der Waals surface area (Å²) in [7, 11) is 0. The SMILES string of the molecule is C=C[C@H]1CN2CC[C@H]1C[C@@H]2[C@@H](OO[C@@H](c1ccnc2ccccc12)[C@H]1C[C@@H]2CCN1C[C@@H]2C=C)c1ccnc2ccccc12. The standard InChI is InChI=1S/C38H42N4O2/c1-3-25-23-41-19-15-27(25)21-35(41)37(31-13-17-39-33-11-7-5-9-29(31)33)43-44-38(32-14-18-40-34-12-8-6-10-30(32)34)36-22-28-16-20-42(36)24-26(28)4-2/h3-14,17-18,25-28,35-38H,1-2,15-16,19-24H2/t25-,26-,27-,28-,35+,36+,37-,38-/m0/s1. The third kappa shape index (κ3) is 4.89. The van der Waals surface area contributed by atoms with Crippen molar-refractivity contribution in [1.29, 1.82) is 0 Å². The molecule has 0 amide bonds. The quantitative estimate of drug-likeness (QED) is 0.117. The predicted molar refractivity (Wildman–Crippen MR) is 175 cm³/mol. The van der Waals surface area contributed by atoms with Crippen LogP contribution in [0.4, 0.5) is 0 Å². The molecule has 4 bridgehead atoms. The summed E-state index contributed by atoms with van der Waals surface area (Å²) in [4.78, 5) is 28.4. The Morgan fingerprint density at radius 3 is 1.52 bits per heavy atom. The van der Waals surface area contributed by atoms with E-state index < -0.39 is 0 Å². The van der Waals surface area contributed by atoms with Crippen LogP contribution < -0.4 is 0 Å². The van der Waals surface area contributed by atoms with Gasteiger partial charge in [-0.2, -0.15) is 0 Å². The molecule has 10 rings (SSSR count). The van der Waals surface area contributed by atoms with Gasteiger partial charge >= 0.3 is 0 Å². The van der Waals surface area contributed by atoms with E-state index in [9.17, 15) is 0 Å². The lowest BCUT2D eigenvalue weighted by Gasteiger charge is -2.52. The fourth-order valence-corrected chi connectivity index (χ4v) is 8.88. The molecule has 2 unspecified atom stereocenters. The highest BCUT2D eigenvalue weighted by Crippen LogP contribution is 2.47. The molecule has 2 aromatic carbocycles. The zero-order valence-corrected chi connectivity index (χ0v) is 25.4. The van der Waals surface area contributed by atoms with Gasteiger partial charge < -0.3 is 0 Å². The van der Waals surface area contributed by atoms with Crippen molar-refractivity contribution in [2.24, 2.45) is 23.7 Å². The van der Waals surface area contributed by atoms with Gasteiger partial charge in [0.2, 0.25) is 0 Å². The van der Waals surface area contributed by atoms with Gasteiger partial charge in [0.25, 0.3) is 0 Å². The monoisotopic (exact) mass is 586 g/mol. The van der Waals surface area contributed by atoms with Crippen molar-refractivity contribution in [3.05, 3.63) is 109 Å². The Balaban J connectivity index is 1.19. The zero-order chi connectivity index (χ0) is 29.6. The maximum absolute atomic E-state index is 6.91. The Kier molecular flexibility index (Phi) is 7.55. The van der Waals surface area contributed by atoms with E-state index in [0.717, 1.165) is 72.0 Å². The minimum atomic E-state index is -0.247. The summed E-state index contributed by atoms with van der Waals surface area (Å²) >= 11 is 0. The summed E-state index contributed by atoms with van der Waals surface area (Å²) in [6.45, 7) is 12.6. The summed E-state index contributed by atoms with van der Waals surface area (Å²) in [5, 5.41) is 2.26. The van der Waals surface area contributed by atoms with Gasteiger partial charge in [-0.25, -0.2) is 9.78 Å². The van der Waals surface area contributed by atoms with E-state index in [4.69, 9.17) is 9.78 Å². The van der Waals surface area contributed by atoms with Crippen LogP contribution in [0.15, 0.2) is 98.4 Å². The van der Waals surface area contributed by atoms with Gasteiger partial charge in [-0.15, -0.1) is 13.2 Å². The first kappa shape index (κ1) is 28.1. The predicted octanol–water partition coefficient (Wildman–Crippen LogP) is 7.31. The van der Waals surface area contributed by atoms with E-state index in [0.29, 0.717) is 23.7 Å². The molecule has 44 heavy (non-hydrogen) atoms. The molecular weight excluding hydrogens is 544 g/mol. The first-order valence-corrected chi connectivity index (χ1v) is 16.4. The number of aromatic nitrogens is 2. The highest BCUT2D eigenvalue weighted by atomic mass is 17.2. The highest BCUT2D eigenvalue weighted by Gasteiger charge is 2.46. The Morgan fingerprint density at radius 1 is 0.659 bits per heavy atom. The second-order valence-corrected chi connectivity index (χ2v) is 13.4. The molecule has 0 spiro atoms. The van der Waals surface area contributed by atoms with E-state index in [1.807, 2.05) is 12.4 Å². The molecule has 6 aliphatic heterocycles. The number of hydrogen-bond acceptors (Lipinski definition) is 6. The minimum absolute atomic E-state index is 0.221. The van der Waals surface area contributed by atoms with Crippen molar-refractivity contribution in [3.8, 4) is 0 Å². The first-order chi connectivity index (χ1) is 21.7. The molecule has 10 atom stereocenters. The lowest BCUT2D eigenvalue weighted by Crippen LogP contribution is -2.56. The van der Waals surface area contributed by atoms with Gasteiger partial charge in [0.1, 0.15) is 12.2 Å². The van der Waals surface area contributed by atoms with Crippen LogP contribution in [0.2, 0.25) is 0 Å². The van der Waals surface area contributed by atoms with Crippen LogP contribution in [0, 0.1) is 23.7 Å². The third-order valence-electron chi connectivity index (χ3n) is 11.2. The summed E-state index contributed by atoms with van der Waals surface area (Å²) in [6, 6.07) is 21.6. The van der Waals surface area contributed by atoms with Crippen molar-refractivity contribution in [3.63, 3.8) is 0 Å². The zero-order valence-electron chi connectivity index (χ0n) is 25.4. The molecule has 226 valence electrons. The van der Waals surface area contributed by atoms with Crippen molar-refractivity contribution in [1.82, 2.24) is 19.8 Å². The third-order valence-corrected chi connectivity index (χ3v) is 11.2. The van der Waals surface area contributed by atoms with Crippen LogP contribution in [-0.2, 0) is 9.78 Å². The van der Waals surface area contributed by atoms with Crippen LogP contribution >= 0.6 is 0 Å². The van der Waals surface area contributed by atoms with Gasteiger partial charge in [-0.05, 0) is 97.8 Å². The number of fused-ring (bicyclic) bond motifs is 8. The number of pyridine rings is 2. The molecule has 6 heteroatoms. The molecule has 6 nitrogen and oxygen atoms in total. The summed E-state index contributed by atoms with van der Waals surface area (Å²) in [5.41, 5.74) is 4.28. The van der Waals surface area contributed by atoms with E-state index in [-0.39, 0.29) is 24.3 Å². The van der Waals surface area contributed by atoms with E-state index >= 15 is 0 Å². The van der Waals surface area contributed by atoms with Gasteiger partial charge in [-0.1, -0.05) is 48.6 Å². The fraction of sp³-hybridized carbons (Fsp3) is 0.421. The molecular formula is C38H42N4O2. The summed E-state index contributed by atoms with van der Waals surface area (Å²) < 4.78 is 0. The smallest absolute Gasteiger partial charge is 0.134 e. The molecule has 8 heterocycles. The number of para-hydroxylation sites is 2. The number of hydrogen-bond donors (Lipinski definition) is 0. The largest absolute Gasteiger partial charge is 0.297 e. The van der Waals surface area contributed by atoms with Crippen molar-refractivity contribution < 1.29 is 9.78 Å². The molecule has 2 aromatic heterocycles. The normalized spacial score (nSPS) is 32.5. The van der Waals surface area contributed by atoms with E-state index in [2.05, 4.69) is 106 Å². The van der Waals surface area contributed by atoms with Crippen LogP contribution in [0.25, 0.3) is 21.8 Å². The topological polar surface area (TPSA) is 50.7 Å².